The summed E-state index contributed by atoms with van der Waals surface area (Å²) < 4.78 is 5.87. The second-order valence-electron chi connectivity index (χ2n) is 9.46. The Morgan fingerprint density at radius 2 is 1.18 bits per heavy atom. The van der Waals surface area contributed by atoms with Crippen LogP contribution in [0.3, 0.4) is 0 Å². The summed E-state index contributed by atoms with van der Waals surface area (Å²) in [5, 5.41) is 6.08. The van der Waals surface area contributed by atoms with Crippen LogP contribution in [0.1, 0.15) is 48.4 Å². The van der Waals surface area contributed by atoms with Gasteiger partial charge in [-0.15, -0.1) is 0 Å². The lowest BCUT2D eigenvalue weighted by Crippen LogP contribution is -2.48. The average Bonchev–Trinajstić information content (AvgIpc) is 2.97. The maximum atomic E-state index is 13.6. The highest BCUT2D eigenvalue weighted by atomic mass is 16.5. The first kappa shape index (κ1) is 27.6. The summed E-state index contributed by atoms with van der Waals surface area (Å²) in [4.78, 5) is 27.0. The Kier molecular flexibility index (Phi) is 9.86. The number of carbonyl (C=O) groups is 2. The summed E-state index contributed by atoms with van der Waals surface area (Å²) >= 11 is 0. The molecule has 0 unspecified atom stereocenters. The summed E-state index contributed by atoms with van der Waals surface area (Å²) in [7, 11) is 0. The molecule has 4 N–H and O–H groups in total. The maximum absolute atomic E-state index is 13.6. The highest BCUT2D eigenvalue weighted by Gasteiger charge is 2.28. The molecule has 6 heteroatoms. The van der Waals surface area contributed by atoms with Crippen LogP contribution in [0.15, 0.2) is 115 Å². The molecule has 4 aromatic carbocycles. The SMILES string of the molecule is C[C@H](NC(=O)[C@@H](CCCN)NC(=O)C(c1ccccc1)c1ccccc1)c1ccc(Oc2ccccc2)cc1. The van der Waals surface area contributed by atoms with E-state index in [0.29, 0.717) is 25.1 Å². The summed E-state index contributed by atoms with van der Waals surface area (Å²) in [6.07, 6.45) is 1.06. The largest absolute Gasteiger partial charge is 0.457 e. The van der Waals surface area contributed by atoms with Gasteiger partial charge in [0.25, 0.3) is 0 Å². The van der Waals surface area contributed by atoms with Gasteiger partial charge in [-0.2, -0.15) is 0 Å². The van der Waals surface area contributed by atoms with Gasteiger partial charge in [-0.05, 0) is 67.3 Å². The van der Waals surface area contributed by atoms with E-state index in [4.69, 9.17) is 10.5 Å². The van der Waals surface area contributed by atoms with E-state index >= 15 is 0 Å². The molecule has 0 aliphatic heterocycles. The van der Waals surface area contributed by atoms with E-state index in [-0.39, 0.29) is 17.9 Å². The van der Waals surface area contributed by atoms with Gasteiger partial charge in [0, 0.05) is 0 Å². The molecule has 0 aliphatic carbocycles. The predicted molar refractivity (Wildman–Crippen MR) is 154 cm³/mol. The van der Waals surface area contributed by atoms with Gasteiger partial charge in [0.15, 0.2) is 0 Å². The maximum Gasteiger partial charge on any atom is 0.243 e. The molecule has 0 saturated carbocycles. The first-order valence-corrected chi connectivity index (χ1v) is 13.3. The van der Waals surface area contributed by atoms with Crippen LogP contribution in [0, 0.1) is 0 Å². The fourth-order valence-corrected chi connectivity index (χ4v) is 4.48. The highest BCUT2D eigenvalue weighted by Crippen LogP contribution is 2.26. The molecule has 2 atom stereocenters. The Balaban J connectivity index is 1.45. The van der Waals surface area contributed by atoms with Crippen molar-refractivity contribution in [2.24, 2.45) is 5.73 Å². The molecule has 2 amide bonds. The van der Waals surface area contributed by atoms with Gasteiger partial charge in [0.2, 0.25) is 11.8 Å². The number of carbonyl (C=O) groups excluding carboxylic acids is 2. The summed E-state index contributed by atoms with van der Waals surface area (Å²) in [5.74, 6) is 0.474. The van der Waals surface area contributed by atoms with Crippen LogP contribution in [0.2, 0.25) is 0 Å². The van der Waals surface area contributed by atoms with Crippen molar-refractivity contribution >= 4 is 11.8 Å². The molecular formula is C33H35N3O3. The lowest BCUT2D eigenvalue weighted by atomic mass is 9.90. The van der Waals surface area contributed by atoms with Crippen molar-refractivity contribution in [1.29, 1.82) is 0 Å². The van der Waals surface area contributed by atoms with E-state index in [2.05, 4.69) is 10.6 Å². The second-order valence-corrected chi connectivity index (χ2v) is 9.46. The lowest BCUT2D eigenvalue weighted by Gasteiger charge is -2.25. The average molecular weight is 522 g/mol. The van der Waals surface area contributed by atoms with Crippen molar-refractivity contribution in [3.63, 3.8) is 0 Å². The van der Waals surface area contributed by atoms with Crippen LogP contribution in [-0.2, 0) is 9.59 Å². The Labute approximate surface area is 230 Å². The molecule has 0 aromatic heterocycles. The number of rotatable bonds is 12. The Morgan fingerprint density at radius 1 is 0.667 bits per heavy atom. The van der Waals surface area contributed by atoms with Gasteiger partial charge >= 0.3 is 0 Å². The lowest BCUT2D eigenvalue weighted by molar-refractivity contribution is -0.129. The van der Waals surface area contributed by atoms with E-state index in [9.17, 15) is 9.59 Å². The third-order valence-electron chi connectivity index (χ3n) is 6.58. The summed E-state index contributed by atoms with van der Waals surface area (Å²) in [5.41, 5.74) is 8.42. The molecular weight excluding hydrogens is 486 g/mol. The van der Waals surface area contributed by atoms with E-state index in [1.54, 1.807) is 0 Å². The fourth-order valence-electron chi connectivity index (χ4n) is 4.48. The number of hydrogen-bond acceptors (Lipinski definition) is 4. The van der Waals surface area contributed by atoms with Crippen LogP contribution < -0.4 is 21.1 Å². The molecule has 0 radical (unpaired) electrons. The standard InChI is InChI=1S/C33H35N3O3/c1-24(25-19-21-29(22-20-25)39-28-16-9-4-10-17-28)35-32(37)30(18-11-23-34)36-33(38)31(26-12-5-2-6-13-26)27-14-7-3-8-15-27/h2-10,12-17,19-22,24,30-31H,11,18,23,34H2,1H3,(H,35,37)(H,36,38)/t24-,30+/m0/s1. The first-order valence-electron chi connectivity index (χ1n) is 13.3. The smallest absolute Gasteiger partial charge is 0.243 e. The Hall–Kier alpha value is -4.42. The molecule has 0 fully saturated rings. The van der Waals surface area contributed by atoms with E-state index in [1.807, 2.05) is 122 Å². The molecule has 0 aliphatic rings. The third kappa shape index (κ3) is 7.79. The van der Waals surface area contributed by atoms with Crippen LogP contribution in [-0.4, -0.2) is 24.4 Å². The zero-order valence-electron chi connectivity index (χ0n) is 22.1. The zero-order valence-corrected chi connectivity index (χ0v) is 22.1. The van der Waals surface area contributed by atoms with E-state index < -0.39 is 12.0 Å². The van der Waals surface area contributed by atoms with Crippen molar-refractivity contribution in [2.45, 2.75) is 37.8 Å². The normalized spacial score (nSPS) is 12.4. The van der Waals surface area contributed by atoms with Gasteiger partial charge in [0.1, 0.15) is 17.5 Å². The summed E-state index contributed by atoms with van der Waals surface area (Å²) in [6.45, 7) is 2.35. The fraction of sp³-hybridized carbons (Fsp3) is 0.212. The third-order valence-corrected chi connectivity index (χ3v) is 6.58. The van der Waals surface area contributed by atoms with Crippen molar-refractivity contribution in [3.05, 3.63) is 132 Å². The quantitative estimate of drug-likeness (QED) is 0.223. The predicted octanol–water partition coefficient (Wildman–Crippen LogP) is 5.71. The molecule has 4 aromatic rings. The van der Waals surface area contributed by atoms with E-state index in [1.165, 1.54) is 0 Å². The van der Waals surface area contributed by atoms with Gasteiger partial charge in [-0.1, -0.05) is 91.0 Å². The number of amides is 2. The molecule has 0 bridgehead atoms. The van der Waals surface area contributed by atoms with Gasteiger partial charge in [-0.3, -0.25) is 9.59 Å². The first-order chi connectivity index (χ1) is 19.0. The van der Waals surface area contributed by atoms with Crippen molar-refractivity contribution < 1.29 is 14.3 Å². The van der Waals surface area contributed by atoms with Crippen molar-refractivity contribution in [3.8, 4) is 11.5 Å². The molecule has 200 valence electrons. The van der Waals surface area contributed by atoms with Gasteiger partial charge in [0.05, 0.1) is 12.0 Å². The molecule has 0 heterocycles. The molecule has 39 heavy (non-hydrogen) atoms. The van der Waals surface area contributed by atoms with Crippen molar-refractivity contribution in [1.82, 2.24) is 10.6 Å². The Morgan fingerprint density at radius 3 is 1.72 bits per heavy atom. The molecule has 0 saturated heterocycles. The van der Waals surface area contributed by atoms with Gasteiger partial charge < -0.3 is 21.1 Å². The monoisotopic (exact) mass is 521 g/mol. The minimum absolute atomic E-state index is 0.223. The minimum Gasteiger partial charge on any atom is -0.457 e. The molecule has 0 spiro atoms. The summed E-state index contributed by atoms with van der Waals surface area (Å²) in [6, 6.07) is 35.4. The van der Waals surface area contributed by atoms with Crippen LogP contribution in [0.25, 0.3) is 0 Å². The van der Waals surface area contributed by atoms with Crippen molar-refractivity contribution in [2.75, 3.05) is 6.54 Å². The Bertz CT molecular complexity index is 1270. The zero-order chi connectivity index (χ0) is 27.5. The number of ether oxygens (including phenoxy) is 1. The number of benzene rings is 4. The number of hydrogen-bond donors (Lipinski definition) is 3. The topological polar surface area (TPSA) is 93.5 Å². The molecule has 6 nitrogen and oxygen atoms in total. The van der Waals surface area contributed by atoms with Crippen LogP contribution in [0.4, 0.5) is 0 Å². The van der Waals surface area contributed by atoms with E-state index in [0.717, 1.165) is 22.4 Å². The molecule has 4 rings (SSSR count). The number of para-hydroxylation sites is 1. The van der Waals surface area contributed by atoms with Crippen LogP contribution in [0.5, 0.6) is 11.5 Å². The number of nitrogens with two attached hydrogens (primary N) is 1. The number of nitrogens with one attached hydrogen (secondary N) is 2. The second kappa shape index (κ2) is 13.9. The van der Waals surface area contributed by atoms with Crippen LogP contribution >= 0.6 is 0 Å². The highest BCUT2D eigenvalue weighted by molar-refractivity contribution is 5.92. The minimum atomic E-state index is -0.709. The van der Waals surface area contributed by atoms with Gasteiger partial charge in [-0.25, -0.2) is 0 Å².